The first-order valence-corrected chi connectivity index (χ1v) is 8.55. The highest BCUT2D eigenvalue weighted by Crippen LogP contribution is 2.26. The van der Waals surface area contributed by atoms with Gasteiger partial charge < -0.3 is 9.64 Å². The summed E-state index contributed by atoms with van der Waals surface area (Å²) in [5, 5.41) is 9.82. The first-order valence-electron chi connectivity index (χ1n) is 8.17. The van der Waals surface area contributed by atoms with Crippen molar-refractivity contribution in [2.75, 3.05) is 38.2 Å². The van der Waals surface area contributed by atoms with E-state index in [1.54, 1.807) is 18.3 Å². The quantitative estimate of drug-likeness (QED) is 0.760. The van der Waals surface area contributed by atoms with Crippen LogP contribution in [0.15, 0.2) is 36.7 Å². The van der Waals surface area contributed by atoms with Crippen LogP contribution in [0.2, 0.25) is 5.02 Å². The van der Waals surface area contributed by atoms with Gasteiger partial charge in [-0.1, -0.05) is 23.7 Å². The topological polar surface area (TPSA) is 82.3 Å². The SMILES string of the molecule is COC(=O)C(c1ccc(Cl)cc1)N1CCN(c2nccnc2C#N)CC1. The average molecular weight is 372 g/mol. The number of halogens is 1. The Hall–Kier alpha value is -2.69. The number of hydrogen-bond acceptors (Lipinski definition) is 7. The predicted octanol–water partition coefficient (Wildman–Crippen LogP) is 2.04. The maximum Gasteiger partial charge on any atom is 0.327 e. The minimum Gasteiger partial charge on any atom is -0.468 e. The lowest BCUT2D eigenvalue weighted by molar-refractivity contribution is -0.147. The van der Waals surface area contributed by atoms with Gasteiger partial charge in [-0.05, 0) is 17.7 Å². The van der Waals surface area contributed by atoms with E-state index in [0.29, 0.717) is 42.7 Å². The second kappa shape index (κ2) is 8.13. The van der Waals surface area contributed by atoms with Crippen molar-refractivity contribution in [3.05, 3.63) is 52.9 Å². The number of aromatic nitrogens is 2. The Morgan fingerprint density at radius 3 is 2.46 bits per heavy atom. The molecule has 134 valence electrons. The molecule has 0 bridgehead atoms. The molecule has 1 aliphatic rings. The van der Waals surface area contributed by atoms with E-state index in [4.69, 9.17) is 16.3 Å². The van der Waals surface area contributed by atoms with Gasteiger partial charge in [0.15, 0.2) is 11.5 Å². The van der Waals surface area contributed by atoms with Gasteiger partial charge in [0.25, 0.3) is 0 Å². The van der Waals surface area contributed by atoms with Crippen LogP contribution in [0.4, 0.5) is 5.82 Å². The van der Waals surface area contributed by atoms with E-state index in [0.717, 1.165) is 5.56 Å². The third kappa shape index (κ3) is 3.77. The van der Waals surface area contributed by atoms with E-state index in [2.05, 4.69) is 20.9 Å². The van der Waals surface area contributed by atoms with E-state index in [9.17, 15) is 10.1 Å². The summed E-state index contributed by atoms with van der Waals surface area (Å²) in [6, 6.07) is 8.79. The highest BCUT2D eigenvalue weighted by Gasteiger charge is 2.32. The minimum absolute atomic E-state index is 0.307. The first-order chi connectivity index (χ1) is 12.6. The fourth-order valence-electron chi connectivity index (χ4n) is 3.09. The summed E-state index contributed by atoms with van der Waals surface area (Å²) in [7, 11) is 1.39. The molecule has 1 aliphatic heterocycles. The van der Waals surface area contributed by atoms with Gasteiger partial charge in [0.05, 0.1) is 7.11 Å². The number of piperazine rings is 1. The van der Waals surface area contributed by atoms with Gasteiger partial charge in [-0.3, -0.25) is 4.90 Å². The number of benzene rings is 1. The van der Waals surface area contributed by atoms with Crippen LogP contribution < -0.4 is 4.90 Å². The third-order valence-electron chi connectivity index (χ3n) is 4.37. The Bertz CT molecular complexity index is 813. The maximum atomic E-state index is 12.4. The summed E-state index contributed by atoms with van der Waals surface area (Å²) in [5.74, 6) is 0.272. The number of nitrogens with zero attached hydrogens (tertiary/aromatic N) is 5. The molecule has 7 nitrogen and oxygen atoms in total. The van der Waals surface area contributed by atoms with E-state index in [-0.39, 0.29) is 5.97 Å². The highest BCUT2D eigenvalue weighted by atomic mass is 35.5. The summed E-state index contributed by atoms with van der Waals surface area (Å²) >= 11 is 5.96. The number of nitriles is 1. The summed E-state index contributed by atoms with van der Waals surface area (Å²) in [5.41, 5.74) is 1.15. The fourth-order valence-corrected chi connectivity index (χ4v) is 3.21. The average Bonchev–Trinajstić information content (AvgIpc) is 2.70. The molecular weight excluding hydrogens is 354 g/mol. The molecule has 0 radical (unpaired) electrons. The lowest BCUT2D eigenvalue weighted by atomic mass is 10.0. The van der Waals surface area contributed by atoms with Gasteiger partial charge in [-0.25, -0.2) is 14.8 Å². The van der Waals surface area contributed by atoms with E-state index in [1.807, 2.05) is 17.0 Å². The van der Waals surface area contributed by atoms with Crippen molar-refractivity contribution in [1.82, 2.24) is 14.9 Å². The Morgan fingerprint density at radius 2 is 1.85 bits per heavy atom. The third-order valence-corrected chi connectivity index (χ3v) is 4.63. The Morgan fingerprint density at radius 1 is 1.19 bits per heavy atom. The number of carbonyl (C=O) groups is 1. The molecule has 1 atom stereocenters. The van der Waals surface area contributed by atoms with Crippen LogP contribution in [-0.2, 0) is 9.53 Å². The van der Waals surface area contributed by atoms with Crippen molar-refractivity contribution in [2.24, 2.45) is 0 Å². The van der Waals surface area contributed by atoms with Crippen molar-refractivity contribution >= 4 is 23.4 Å². The first kappa shape index (κ1) is 18.1. The van der Waals surface area contributed by atoms with Gasteiger partial charge in [0.2, 0.25) is 0 Å². The molecule has 1 saturated heterocycles. The zero-order valence-electron chi connectivity index (χ0n) is 14.3. The number of rotatable bonds is 4. The van der Waals surface area contributed by atoms with Crippen molar-refractivity contribution in [2.45, 2.75) is 6.04 Å². The standard InChI is InChI=1S/C18H18ClN5O2/c1-26-18(25)16(13-2-4-14(19)5-3-13)23-8-10-24(11-9-23)17-15(12-20)21-6-7-22-17/h2-7,16H,8-11H2,1H3. The molecule has 1 unspecified atom stereocenters. The van der Waals surface area contributed by atoms with E-state index in [1.165, 1.54) is 13.3 Å². The summed E-state index contributed by atoms with van der Waals surface area (Å²) < 4.78 is 5.01. The van der Waals surface area contributed by atoms with Crippen LogP contribution in [0.5, 0.6) is 0 Å². The number of hydrogen-bond donors (Lipinski definition) is 0. The molecule has 1 aromatic carbocycles. The van der Waals surface area contributed by atoms with Crippen LogP contribution in [-0.4, -0.2) is 54.1 Å². The summed E-state index contributed by atoms with van der Waals surface area (Å²) in [6.45, 7) is 2.52. The normalized spacial score (nSPS) is 16.0. The van der Waals surface area contributed by atoms with Crippen molar-refractivity contribution in [1.29, 1.82) is 5.26 Å². The van der Waals surface area contributed by atoms with Crippen LogP contribution in [0, 0.1) is 11.3 Å². The second-order valence-electron chi connectivity index (χ2n) is 5.84. The van der Waals surface area contributed by atoms with Crippen LogP contribution in [0.25, 0.3) is 0 Å². The minimum atomic E-state index is -0.489. The van der Waals surface area contributed by atoms with Gasteiger partial charge in [-0.2, -0.15) is 5.26 Å². The van der Waals surface area contributed by atoms with Gasteiger partial charge >= 0.3 is 5.97 Å². The van der Waals surface area contributed by atoms with Crippen molar-refractivity contribution in [3.63, 3.8) is 0 Å². The predicted molar refractivity (Wildman–Crippen MR) is 96.7 cm³/mol. The van der Waals surface area contributed by atoms with Gasteiger partial charge in [-0.15, -0.1) is 0 Å². The maximum absolute atomic E-state index is 12.4. The number of esters is 1. The molecular formula is C18H18ClN5O2. The van der Waals surface area contributed by atoms with Crippen LogP contribution in [0.3, 0.4) is 0 Å². The van der Waals surface area contributed by atoms with E-state index < -0.39 is 6.04 Å². The van der Waals surface area contributed by atoms with Crippen LogP contribution >= 0.6 is 11.6 Å². The zero-order valence-corrected chi connectivity index (χ0v) is 15.1. The molecule has 0 amide bonds. The Labute approximate surface area is 156 Å². The highest BCUT2D eigenvalue weighted by molar-refractivity contribution is 6.30. The molecule has 8 heteroatoms. The Kier molecular flexibility index (Phi) is 5.66. The molecule has 2 aromatic rings. The van der Waals surface area contributed by atoms with Crippen LogP contribution in [0.1, 0.15) is 17.3 Å². The second-order valence-corrected chi connectivity index (χ2v) is 6.28. The monoisotopic (exact) mass is 371 g/mol. The van der Waals surface area contributed by atoms with Crippen molar-refractivity contribution in [3.8, 4) is 6.07 Å². The number of ether oxygens (including phenoxy) is 1. The van der Waals surface area contributed by atoms with Gasteiger partial charge in [0.1, 0.15) is 12.1 Å². The molecule has 0 spiro atoms. The fraction of sp³-hybridized carbons (Fsp3) is 0.333. The molecule has 1 fully saturated rings. The largest absolute Gasteiger partial charge is 0.468 e. The molecule has 2 heterocycles. The molecule has 0 aliphatic carbocycles. The molecule has 0 N–H and O–H groups in total. The molecule has 0 saturated carbocycles. The molecule has 3 rings (SSSR count). The van der Waals surface area contributed by atoms with E-state index >= 15 is 0 Å². The zero-order chi connectivity index (χ0) is 18.5. The number of carbonyl (C=O) groups excluding carboxylic acids is 1. The summed E-state index contributed by atoms with van der Waals surface area (Å²) in [4.78, 5) is 24.8. The summed E-state index contributed by atoms with van der Waals surface area (Å²) in [6.07, 6.45) is 3.08. The lowest BCUT2D eigenvalue weighted by Crippen LogP contribution is -2.50. The molecule has 1 aromatic heterocycles. The number of methoxy groups -OCH3 is 1. The Balaban J connectivity index is 1.77. The number of anilines is 1. The lowest BCUT2D eigenvalue weighted by Gasteiger charge is -2.38. The van der Waals surface area contributed by atoms with Gasteiger partial charge in [0, 0.05) is 43.6 Å². The van der Waals surface area contributed by atoms with Crippen molar-refractivity contribution < 1.29 is 9.53 Å². The smallest absolute Gasteiger partial charge is 0.327 e. The molecule has 26 heavy (non-hydrogen) atoms.